The number of benzene rings is 2. The third-order valence-corrected chi connectivity index (χ3v) is 5.54. The molecule has 0 aromatic heterocycles. The minimum atomic E-state index is -0.141. The molecule has 2 aliphatic heterocycles. The molecule has 2 amide bonds. The van der Waals surface area contributed by atoms with Crippen LogP contribution in [0.5, 0.6) is 0 Å². The highest BCUT2D eigenvalue weighted by Crippen LogP contribution is 2.44. The second kappa shape index (κ2) is 6.60. The highest BCUT2D eigenvalue weighted by atomic mass is 35.5. The van der Waals surface area contributed by atoms with Crippen molar-refractivity contribution in [3.8, 4) is 0 Å². The zero-order chi connectivity index (χ0) is 18.4. The number of amides is 2. The van der Waals surface area contributed by atoms with Crippen LogP contribution in [0.4, 0.5) is 11.4 Å². The first-order valence-corrected chi connectivity index (χ1v) is 9.41. The Balaban J connectivity index is 1.78. The van der Waals surface area contributed by atoms with E-state index in [1.54, 1.807) is 12.1 Å². The van der Waals surface area contributed by atoms with Gasteiger partial charge < -0.3 is 5.32 Å². The van der Waals surface area contributed by atoms with E-state index in [-0.39, 0.29) is 36.6 Å². The quantitative estimate of drug-likeness (QED) is 0.737. The van der Waals surface area contributed by atoms with E-state index in [2.05, 4.69) is 12.2 Å². The Labute approximate surface area is 162 Å². The summed E-state index contributed by atoms with van der Waals surface area (Å²) in [5.74, 6) is -0.195. The molecule has 0 spiro atoms. The summed E-state index contributed by atoms with van der Waals surface area (Å²) in [5, 5.41) is 4.63. The molecule has 134 valence electrons. The van der Waals surface area contributed by atoms with E-state index in [1.807, 2.05) is 24.3 Å². The van der Waals surface area contributed by atoms with E-state index >= 15 is 0 Å². The summed E-state index contributed by atoms with van der Waals surface area (Å²) < 4.78 is 0. The SMILES string of the molecule is C[C@H]1CC(c2cccc(N3C(=O)CCC3=O)c2)c2cc(Cl)cc(Cl)c2N1. The molecule has 1 unspecified atom stereocenters. The Morgan fingerprint density at radius 3 is 2.54 bits per heavy atom. The van der Waals surface area contributed by atoms with Crippen LogP contribution in [0.3, 0.4) is 0 Å². The molecule has 1 N–H and O–H groups in total. The van der Waals surface area contributed by atoms with E-state index in [9.17, 15) is 9.59 Å². The molecule has 4 nitrogen and oxygen atoms in total. The zero-order valence-electron chi connectivity index (χ0n) is 14.3. The average molecular weight is 389 g/mol. The molecule has 6 heteroatoms. The predicted molar refractivity (Wildman–Crippen MR) is 104 cm³/mol. The Morgan fingerprint density at radius 2 is 1.81 bits per heavy atom. The molecule has 26 heavy (non-hydrogen) atoms. The van der Waals surface area contributed by atoms with Gasteiger partial charge in [0.15, 0.2) is 0 Å². The van der Waals surface area contributed by atoms with Gasteiger partial charge in [-0.3, -0.25) is 14.5 Å². The second-order valence-electron chi connectivity index (χ2n) is 6.90. The Kier molecular flexibility index (Phi) is 4.41. The number of carbonyl (C=O) groups excluding carboxylic acids is 2. The molecule has 2 aromatic carbocycles. The van der Waals surface area contributed by atoms with Crippen molar-refractivity contribution in [2.45, 2.75) is 38.1 Å². The molecule has 0 bridgehead atoms. The van der Waals surface area contributed by atoms with Crippen LogP contribution in [0.1, 0.15) is 43.2 Å². The van der Waals surface area contributed by atoms with Gasteiger partial charge in [-0.25, -0.2) is 0 Å². The number of halogens is 2. The van der Waals surface area contributed by atoms with Crippen molar-refractivity contribution in [1.82, 2.24) is 0 Å². The van der Waals surface area contributed by atoms with Crippen molar-refractivity contribution in [1.29, 1.82) is 0 Å². The summed E-state index contributed by atoms with van der Waals surface area (Å²) in [7, 11) is 0. The van der Waals surface area contributed by atoms with E-state index < -0.39 is 0 Å². The topological polar surface area (TPSA) is 49.4 Å². The molecule has 2 aromatic rings. The number of nitrogens with zero attached hydrogens (tertiary/aromatic N) is 1. The maximum Gasteiger partial charge on any atom is 0.234 e. The fraction of sp³-hybridized carbons (Fsp3) is 0.300. The molecular formula is C20H18Cl2N2O2. The third-order valence-electron chi connectivity index (χ3n) is 5.02. The number of fused-ring (bicyclic) bond motifs is 1. The van der Waals surface area contributed by atoms with Crippen molar-refractivity contribution in [3.63, 3.8) is 0 Å². The molecule has 4 rings (SSSR count). The molecule has 0 radical (unpaired) electrons. The van der Waals surface area contributed by atoms with Crippen molar-refractivity contribution in [2.75, 3.05) is 10.2 Å². The van der Waals surface area contributed by atoms with Gasteiger partial charge in [0.1, 0.15) is 0 Å². The van der Waals surface area contributed by atoms with Crippen molar-refractivity contribution in [3.05, 3.63) is 57.6 Å². The number of hydrogen-bond donors (Lipinski definition) is 1. The highest BCUT2D eigenvalue weighted by molar-refractivity contribution is 6.36. The summed E-state index contributed by atoms with van der Waals surface area (Å²) >= 11 is 12.6. The van der Waals surface area contributed by atoms with Gasteiger partial charge in [0.2, 0.25) is 11.8 Å². The fourth-order valence-corrected chi connectivity index (χ4v) is 4.43. The lowest BCUT2D eigenvalue weighted by Gasteiger charge is -2.33. The molecular weight excluding hydrogens is 371 g/mol. The summed E-state index contributed by atoms with van der Waals surface area (Å²) in [6.45, 7) is 2.11. The van der Waals surface area contributed by atoms with Gasteiger partial charge in [-0.05, 0) is 48.7 Å². The van der Waals surface area contributed by atoms with Gasteiger partial charge in [0.25, 0.3) is 0 Å². The van der Waals surface area contributed by atoms with E-state index in [1.165, 1.54) is 4.90 Å². The predicted octanol–water partition coefficient (Wildman–Crippen LogP) is 4.98. The van der Waals surface area contributed by atoms with Crippen LogP contribution in [0.25, 0.3) is 0 Å². The smallest absolute Gasteiger partial charge is 0.234 e. The van der Waals surface area contributed by atoms with Crippen LogP contribution in [-0.4, -0.2) is 17.9 Å². The number of anilines is 2. The maximum absolute atomic E-state index is 12.1. The summed E-state index contributed by atoms with van der Waals surface area (Å²) in [6.07, 6.45) is 1.43. The van der Waals surface area contributed by atoms with Crippen molar-refractivity contribution >= 4 is 46.4 Å². The van der Waals surface area contributed by atoms with Gasteiger partial charge in [0.05, 0.1) is 16.4 Å². The maximum atomic E-state index is 12.1. The monoisotopic (exact) mass is 388 g/mol. The largest absolute Gasteiger partial charge is 0.381 e. The summed E-state index contributed by atoms with van der Waals surface area (Å²) in [6, 6.07) is 11.6. The number of rotatable bonds is 2. The van der Waals surface area contributed by atoms with Crippen LogP contribution < -0.4 is 10.2 Å². The van der Waals surface area contributed by atoms with E-state index in [0.29, 0.717) is 15.7 Å². The Morgan fingerprint density at radius 1 is 1.08 bits per heavy atom. The number of nitrogens with one attached hydrogen (secondary N) is 1. The van der Waals surface area contributed by atoms with Crippen LogP contribution in [0.2, 0.25) is 10.0 Å². The van der Waals surface area contributed by atoms with Gasteiger partial charge in [-0.15, -0.1) is 0 Å². The lowest BCUT2D eigenvalue weighted by molar-refractivity contribution is -0.121. The number of carbonyl (C=O) groups is 2. The first-order chi connectivity index (χ1) is 12.4. The minimum Gasteiger partial charge on any atom is -0.381 e. The van der Waals surface area contributed by atoms with E-state index in [0.717, 1.165) is 23.2 Å². The van der Waals surface area contributed by atoms with Gasteiger partial charge in [-0.1, -0.05) is 35.3 Å². The lowest BCUT2D eigenvalue weighted by Crippen LogP contribution is -2.29. The first kappa shape index (κ1) is 17.4. The van der Waals surface area contributed by atoms with Crippen LogP contribution in [0.15, 0.2) is 36.4 Å². The van der Waals surface area contributed by atoms with Crippen molar-refractivity contribution in [2.24, 2.45) is 0 Å². The van der Waals surface area contributed by atoms with E-state index in [4.69, 9.17) is 23.2 Å². The Hall–Kier alpha value is -2.04. The number of hydrogen-bond acceptors (Lipinski definition) is 3. The van der Waals surface area contributed by atoms with Crippen molar-refractivity contribution < 1.29 is 9.59 Å². The summed E-state index contributed by atoms with van der Waals surface area (Å²) in [4.78, 5) is 25.4. The van der Waals surface area contributed by atoms with Crippen LogP contribution in [0, 0.1) is 0 Å². The molecule has 0 aliphatic carbocycles. The summed E-state index contributed by atoms with van der Waals surface area (Å²) in [5.41, 5.74) is 3.62. The molecule has 2 atom stereocenters. The van der Waals surface area contributed by atoms with Crippen LogP contribution >= 0.6 is 23.2 Å². The van der Waals surface area contributed by atoms with Gasteiger partial charge in [0, 0.05) is 29.8 Å². The Bertz CT molecular complexity index is 897. The molecule has 2 heterocycles. The highest BCUT2D eigenvalue weighted by Gasteiger charge is 2.32. The molecule has 1 saturated heterocycles. The fourth-order valence-electron chi connectivity index (χ4n) is 3.87. The van der Waals surface area contributed by atoms with Crippen LogP contribution in [-0.2, 0) is 9.59 Å². The second-order valence-corrected chi connectivity index (χ2v) is 7.75. The molecule has 0 saturated carbocycles. The molecule has 2 aliphatic rings. The number of imide groups is 1. The average Bonchev–Trinajstić information content (AvgIpc) is 2.94. The van der Waals surface area contributed by atoms with Gasteiger partial charge in [-0.2, -0.15) is 0 Å². The lowest BCUT2D eigenvalue weighted by atomic mass is 9.82. The standard InChI is InChI=1S/C20H18Cl2N2O2/c1-11-7-15(16-9-13(21)10-17(22)20(16)23-11)12-3-2-4-14(8-12)24-18(25)5-6-19(24)26/h2-4,8-11,15,23H,5-7H2,1H3/t11-,15?/m0/s1. The zero-order valence-corrected chi connectivity index (χ0v) is 15.8. The first-order valence-electron chi connectivity index (χ1n) is 8.65. The minimum absolute atomic E-state index is 0.0882. The third kappa shape index (κ3) is 2.97. The van der Waals surface area contributed by atoms with Gasteiger partial charge >= 0.3 is 0 Å². The normalized spacial score (nSPS) is 22.3. The molecule has 1 fully saturated rings.